The molecule has 104 valence electrons. The molecule has 0 bridgehead atoms. The topological polar surface area (TPSA) is 81.2 Å². The molecule has 3 amide bonds. The van der Waals surface area contributed by atoms with Gasteiger partial charge >= 0.3 is 12.0 Å². The van der Waals surface area contributed by atoms with Crippen LogP contribution in [0.5, 0.6) is 0 Å². The van der Waals surface area contributed by atoms with Crippen LogP contribution in [0, 0.1) is 0 Å². The zero-order valence-electron chi connectivity index (χ0n) is 11.3. The lowest BCUT2D eigenvalue weighted by atomic mass is 10.4. The lowest BCUT2D eigenvalue weighted by molar-refractivity contribution is -0.137. The summed E-state index contributed by atoms with van der Waals surface area (Å²) >= 11 is 0. The summed E-state index contributed by atoms with van der Waals surface area (Å²) in [6.07, 6.45) is -0.102. The Labute approximate surface area is 107 Å². The van der Waals surface area contributed by atoms with Crippen molar-refractivity contribution in [2.75, 3.05) is 40.8 Å². The van der Waals surface area contributed by atoms with E-state index in [1.54, 1.807) is 21.0 Å². The minimum Gasteiger partial charge on any atom is -0.481 e. The van der Waals surface area contributed by atoms with Crippen LogP contribution in [0.2, 0.25) is 0 Å². The van der Waals surface area contributed by atoms with Gasteiger partial charge in [-0.3, -0.25) is 9.59 Å². The molecule has 0 unspecified atom stereocenters. The molecule has 18 heavy (non-hydrogen) atoms. The fourth-order valence-electron chi connectivity index (χ4n) is 1.27. The van der Waals surface area contributed by atoms with Gasteiger partial charge in [-0.25, -0.2) is 4.79 Å². The van der Waals surface area contributed by atoms with Gasteiger partial charge in [0.2, 0.25) is 5.91 Å². The van der Waals surface area contributed by atoms with Crippen LogP contribution in [0.3, 0.4) is 0 Å². The van der Waals surface area contributed by atoms with E-state index in [1.807, 2.05) is 0 Å². The summed E-state index contributed by atoms with van der Waals surface area (Å²) in [6, 6.07) is -0.339. The molecule has 0 spiro atoms. The summed E-state index contributed by atoms with van der Waals surface area (Å²) in [5.74, 6) is -1.13. The molecule has 0 heterocycles. The van der Waals surface area contributed by atoms with E-state index >= 15 is 0 Å². The number of hydrogen-bond acceptors (Lipinski definition) is 3. The minimum absolute atomic E-state index is 0.0184. The fraction of sp³-hybridized carbons (Fsp3) is 0.727. The summed E-state index contributed by atoms with van der Waals surface area (Å²) in [7, 11) is 4.75. The van der Waals surface area contributed by atoms with Gasteiger partial charge in [-0.05, 0) is 6.92 Å². The number of aliphatic carboxylic acids is 1. The lowest BCUT2D eigenvalue weighted by Gasteiger charge is -2.27. The van der Waals surface area contributed by atoms with Crippen molar-refractivity contribution in [2.45, 2.75) is 13.3 Å². The number of carboxylic acid groups (broad SMARTS) is 1. The molecule has 0 radical (unpaired) electrons. The predicted octanol–water partition coefficient (Wildman–Crippen LogP) is -0.0770. The molecule has 0 saturated heterocycles. The average Bonchev–Trinajstić information content (AvgIpc) is 2.28. The van der Waals surface area contributed by atoms with Gasteiger partial charge in [0.1, 0.15) is 6.54 Å². The summed E-state index contributed by atoms with van der Waals surface area (Å²) in [6.45, 7) is 2.30. The van der Waals surface area contributed by atoms with Crippen LogP contribution in [0.25, 0.3) is 0 Å². The SMILES string of the molecule is CCN(CCC(=O)O)C(=O)N(C)CC(=O)N(C)C. The lowest BCUT2D eigenvalue weighted by Crippen LogP contribution is -2.45. The van der Waals surface area contributed by atoms with E-state index in [9.17, 15) is 14.4 Å². The predicted molar refractivity (Wildman–Crippen MR) is 66.2 cm³/mol. The maximum atomic E-state index is 11.9. The minimum atomic E-state index is -0.951. The molecule has 0 aliphatic heterocycles. The Balaban J connectivity index is 4.39. The van der Waals surface area contributed by atoms with Crippen LogP contribution in [-0.2, 0) is 9.59 Å². The van der Waals surface area contributed by atoms with Crippen LogP contribution >= 0.6 is 0 Å². The van der Waals surface area contributed by atoms with E-state index in [4.69, 9.17) is 5.11 Å². The van der Waals surface area contributed by atoms with Gasteiger partial charge in [0.25, 0.3) is 0 Å². The van der Waals surface area contributed by atoms with Crippen molar-refractivity contribution in [3.63, 3.8) is 0 Å². The van der Waals surface area contributed by atoms with Crippen LogP contribution in [0.15, 0.2) is 0 Å². The van der Waals surface area contributed by atoms with Crippen LogP contribution in [-0.4, -0.2) is 78.5 Å². The maximum absolute atomic E-state index is 11.9. The van der Waals surface area contributed by atoms with Crippen molar-refractivity contribution in [1.29, 1.82) is 0 Å². The number of urea groups is 1. The Morgan fingerprint density at radius 2 is 1.67 bits per heavy atom. The van der Waals surface area contributed by atoms with Crippen LogP contribution in [0.1, 0.15) is 13.3 Å². The average molecular weight is 259 g/mol. The second-order valence-electron chi connectivity index (χ2n) is 4.15. The molecule has 0 rings (SSSR count). The molecular weight excluding hydrogens is 238 g/mol. The van der Waals surface area contributed by atoms with E-state index in [0.717, 1.165) is 0 Å². The number of carboxylic acids is 1. The van der Waals surface area contributed by atoms with E-state index in [-0.39, 0.29) is 31.4 Å². The molecular formula is C11H21N3O4. The molecule has 0 aromatic rings. The van der Waals surface area contributed by atoms with Gasteiger partial charge in [-0.1, -0.05) is 0 Å². The van der Waals surface area contributed by atoms with Gasteiger partial charge in [-0.15, -0.1) is 0 Å². The van der Waals surface area contributed by atoms with Crippen LogP contribution < -0.4 is 0 Å². The summed E-state index contributed by atoms with van der Waals surface area (Å²) in [5.41, 5.74) is 0. The highest BCUT2D eigenvalue weighted by Crippen LogP contribution is 1.99. The number of carbonyl (C=O) groups excluding carboxylic acids is 2. The van der Waals surface area contributed by atoms with E-state index < -0.39 is 5.97 Å². The highest BCUT2D eigenvalue weighted by molar-refractivity contribution is 5.83. The van der Waals surface area contributed by atoms with Crippen molar-refractivity contribution in [3.8, 4) is 0 Å². The number of rotatable bonds is 6. The van der Waals surface area contributed by atoms with E-state index in [2.05, 4.69) is 0 Å². The van der Waals surface area contributed by atoms with Crippen molar-refractivity contribution in [1.82, 2.24) is 14.7 Å². The fourth-order valence-corrected chi connectivity index (χ4v) is 1.27. The van der Waals surface area contributed by atoms with E-state index in [0.29, 0.717) is 6.54 Å². The molecule has 0 saturated carbocycles. The first kappa shape index (κ1) is 16.2. The second kappa shape index (κ2) is 7.52. The standard InChI is InChI=1S/C11H21N3O4/c1-5-14(7-6-10(16)17)11(18)13(4)8-9(15)12(2)3/h5-8H2,1-4H3,(H,16,17). The first-order valence-corrected chi connectivity index (χ1v) is 5.71. The van der Waals surface area contributed by atoms with Crippen molar-refractivity contribution in [3.05, 3.63) is 0 Å². The Morgan fingerprint density at radius 1 is 1.11 bits per heavy atom. The van der Waals surface area contributed by atoms with Gasteiger partial charge in [-0.2, -0.15) is 0 Å². The molecule has 0 aromatic carbocycles. The summed E-state index contributed by atoms with van der Waals surface area (Å²) < 4.78 is 0. The molecule has 7 heteroatoms. The largest absolute Gasteiger partial charge is 0.481 e. The molecule has 0 aromatic heterocycles. The maximum Gasteiger partial charge on any atom is 0.320 e. The Kier molecular flexibility index (Phi) is 6.77. The van der Waals surface area contributed by atoms with Gasteiger partial charge in [0.15, 0.2) is 0 Å². The number of carbonyl (C=O) groups is 3. The normalized spacial score (nSPS) is 9.78. The van der Waals surface area contributed by atoms with Gasteiger partial charge in [0, 0.05) is 34.2 Å². The molecule has 0 fully saturated rings. The Morgan fingerprint density at radius 3 is 2.06 bits per heavy atom. The highest BCUT2D eigenvalue weighted by Gasteiger charge is 2.19. The molecule has 0 aliphatic carbocycles. The third kappa shape index (κ3) is 5.51. The van der Waals surface area contributed by atoms with Gasteiger partial charge in [0.05, 0.1) is 6.42 Å². The smallest absolute Gasteiger partial charge is 0.320 e. The van der Waals surface area contributed by atoms with Gasteiger partial charge < -0.3 is 19.8 Å². The van der Waals surface area contributed by atoms with E-state index in [1.165, 1.54) is 21.7 Å². The molecule has 0 aliphatic rings. The van der Waals surface area contributed by atoms with Crippen molar-refractivity contribution < 1.29 is 19.5 Å². The first-order valence-electron chi connectivity index (χ1n) is 5.71. The van der Waals surface area contributed by atoms with Crippen molar-refractivity contribution in [2.24, 2.45) is 0 Å². The molecule has 1 N–H and O–H groups in total. The highest BCUT2D eigenvalue weighted by atomic mass is 16.4. The third-order valence-corrected chi connectivity index (χ3v) is 2.45. The summed E-state index contributed by atoms with van der Waals surface area (Å²) in [4.78, 5) is 37.9. The zero-order valence-corrected chi connectivity index (χ0v) is 11.3. The Bertz CT molecular complexity index is 317. The third-order valence-electron chi connectivity index (χ3n) is 2.45. The second-order valence-corrected chi connectivity index (χ2v) is 4.15. The zero-order chi connectivity index (χ0) is 14.3. The number of hydrogen-bond donors (Lipinski definition) is 1. The Hall–Kier alpha value is -1.79. The quantitative estimate of drug-likeness (QED) is 0.723. The van der Waals surface area contributed by atoms with Crippen LogP contribution in [0.4, 0.5) is 4.79 Å². The molecule has 0 atom stereocenters. The monoisotopic (exact) mass is 259 g/mol. The molecule has 7 nitrogen and oxygen atoms in total. The first-order chi connectivity index (χ1) is 8.29. The number of amides is 3. The summed E-state index contributed by atoms with van der Waals surface area (Å²) in [5, 5.41) is 8.58. The van der Waals surface area contributed by atoms with Crippen molar-refractivity contribution >= 4 is 17.9 Å². The number of nitrogens with zero attached hydrogens (tertiary/aromatic N) is 3. The number of likely N-dealkylation sites (N-methyl/N-ethyl adjacent to an activating group) is 2.